The topological polar surface area (TPSA) is 120 Å². The van der Waals surface area contributed by atoms with E-state index in [4.69, 9.17) is 9.47 Å². The van der Waals surface area contributed by atoms with Crippen LogP contribution in [-0.4, -0.2) is 44.6 Å². The van der Waals surface area contributed by atoms with Crippen molar-refractivity contribution >= 4 is 17.6 Å². The number of aromatic nitrogens is 4. The van der Waals surface area contributed by atoms with Crippen molar-refractivity contribution in [2.24, 2.45) is 0 Å². The van der Waals surface area contributed by atoms with Gasteiger partial charge < -0.3 is 9.47 Å². The van der Waals surface area contributed by atoms with Gasteiger partial charge in [0.2, 0.25) is 5.91 Å². The Hall–Kier alpha value is -3.90. The summed E-state index contributed by atoms with van der Waals surface area (Å²) in [6, 6.07) is 4.56. The van der Waals surface area contributed by atoms with E-state index in [0.717, 1.165) is 4.52 Å². The van der Waals surface area contributed by atoms with Gasteiger partial charge in [0.05, 0.1) is 19.6 Å². The Bertz CT molecular complexity index is 1240. The van der Waals surface area contributed by atoms with Crippen LogP contribution < -0.4 is 20.3 Å². The summed E-state index contributed by atoms with van der Waals surface area (Å²) in [5.41, 5.74) is 5.74. The van der Waals surface area contributed by atoms with Gasteiger partial charge in [0.25, 0.3) is 17.5 Å². The molecular weight excluding hydrogens is 457 g/mol. The van der Waals surface area contributed by atoms with E-state index in [9.17, 15) is 22.8 Å². The van der Waals surface area contributed by atoms with E-state index in [1.165, 1.54) is 26.2 Å². The van der Waals surface area contributed by atoms with Gasteiger partial charge in [-0.05, 0) is 45.9 Å². The smallest absolute Gasteiger partial charge is 0.453 e. The Labute approximate surface area is 192 Å². The summed E-state index contributed by atoms with van der Waals surface area (Å²) in [5.74, 6) is -1.94. The van der Waals surface area contributed by atoms with Gasteiger partial charge in [-0.2, -0.15) is 18.2 Å². The Kier molecular flexibility index (Phi) is 6.93. The molecule has 0 saturated carbocycles. The van der Waals surface area contributed by atoms with E-state index in [2.05, 4.69) is 25.9 Å². The number of alkyl halides is 3. The number of benzene rings is 1. The number of nitrogens with one attached hydrogen (secondary N) is 2. The predicted molar refractivity (Wildman–Crippen MR) is 113 cm³/mol. The maximum Gasteiger partial charge on any atom is 0.453 e. The summed E-state index contributed by atoms with van der Waals surface area (Å²) in [5, 5.41) is 3.44. The molecule has 2 aromatic heterocycles. The maximum absolute atomic E-state index is 12.9. The number of fused-ring (bicyclic) bond motifs is 1. The lowest BCUT2D eigenvalue weighted by Crippen LogP contribution is -2.42. The van der Waals surface area contributed by atoms with Crippen LogP contribution in [0.3, 0.4) is 0 Å². The Balaban J connectivity index is 1.71. The molecule has 0 fully saturated rings. The fourth-order valence-corrected chi connectivity index (χ4v) is 3.15. The number of amides is 2. The Morgan fingerprint density at radius 2 is 1.82 bits per heavy atom. The number of hydrogen-bond acceptors (Lipinski definition) is 7. The molecule has 34 heavy (non-hydrogen) atoms. The number of halogens is 3. The molecule has 0 radical (unpaired) electrons. The molecular formula is C21H23F3N6O4. The van der Waals surface area contributed by atoms with Crippen LogP contribution >= 0.6 is 0 Å². The van der Waals surface area contributed by atoms with Crippen LogP contribution in [0.15, 0.2) is 18.2 Å². The first-order valence-electron chi connectivity index (χ1n) is 10.1. The molecule has 0 bridgehead atoms. The van der Waals surface area contributed by atoms with Crippen molar-refractivity contribution in [2.75, 3.05) is 7.11 Å². The van der Waals surface area contributed by atoms with Crippen molar-refractivity contribution in [3.8, 4) is 11.5 Å². The normalized spacial score (nSPS) is 11.6. The second-order valence-electron chi connectivity index (χ2n) is 7.62. The van der Waals surface area contributed by atoms with Crippen LogP contribution in [0.4, 0.5) is 13.2 Å². The van der Waals surface area contributed by atoms with Crippen molar-refractivity contribution in [2.45, 2.75) is 46.4 Å². The minimum absolute atomic E-state index is 0.0916. The second-order valence-corrected chi connectivity index (χ2v) is 7.62. The zero-order valence-electron chi connectivity index (χ0n) is 19.1. The molecule has 3 aromatic rings. The van der Waals surface area contributed by atoms with Gasteiger partial charge in [-0.3, -0.25) is 20.4 Å². The van der Waals surface area contributed by atoms with Crippen molar-refractivity contribution in [1.82, 2.24) is 30.4 Å². The van der Waals surface area contributed by atoms with E-state index in [1.54, 1.807) is 13.0 Å². The number of aryl methyl sites for hydroxylation is 2. The van der Waals surface area contributed by atoms with Gasteiger partial charge in [0.15, 0.2) is 11.5 Å². The molecule has 0 saturated heterocycles. The quantitative estimate of drug-likeness (QED) is 0.521. The van der Waals surface area contributed by atoms with Gasteiger partial charge in [-0.1, -0.05) is 0 Å². The lowest BCUT2D eigenvalue weighted by molar-refractivity contribution is -0.144. The molecule has 2 heterocycles. The largest absolute Gasteiger partial charge is 0.493 e. The number of carbonyl (C=O) groups is 2. The highest BCUT2D eigenvalue weighted by Gasteiger charge is 2.37. The fraction of sp³-hybridized carbons (Fsp3) is 0.381. The van der Waals surface area contributed by atoms with Gasteiger partial charge in [0, 0.05) is 22.5 Å². The van der Waals surface area contributed by atoms with E-state index in [0.29, 0.717) is 22.8 Å². The van der Waals surface area contributed by atoms with Crippen LogP contribution in [0.25, 0.3) is 5.78 Å². The molecule has 2 N–H and O–H groups in total. The summed E-state index contributed by atoms with van der Waals surface area (Å²) in [7, 11) is 1.44. The minimum Gasteiger partial charge on any atom is -0.493 e. The third kappa shape index (κ3) is 5.35. The van der Waals surface area contributed by atoms with Crippen molar-refractivity contribution in [3.05, 3.63) is 46.5 Å². The molecule has 182 valence electrons. The van der Waals surface area contributed by atoms with E-state index >= 15 is 0 Å². The summed E-state index contributed by atoms with van der Waals surface area (Å²) in [6.45, 7) is 6.75. The molecule has 1 aromatic carbocycles. The highest BCUT2D eigenvalue weighted by molar-refractivity contribution is 5.96. The monoisotopic (exact) mass is 480 g/mol. The summed E-state index contributed by atoms with van der Waals surface area (Å²) in [4.78, 5) is 32.3. The predicted octanol–water partition coefficient (Wildman–Crippen LogP) is 2.56. The zero-order chi connectivity index (χ0) is 25.2. The number of carbonyl (C=O) groups excluding carboxylic acids is 2. The number of methoxy groups -OCH3 is 1. The third-order valence-corrected chi connectivity index (χ3v) is 4.74. The number of rotatable bonds is 6. The molecule has 0 atom stereocenters. The zero-order valence-corrected chi connectivity index (χ0v) is 19.1. The third-order valence-electron chi connectivity index (χ3n) is 4.74. The first-order chi connectivity index (χ1) is 15.9. The van der Waals surface area contributed by atoms with E-state index in [1.807, 2.05) is 13.8 Å². The Morgan fingerprint density at radius 3 is 2.44 bits per heavy atom. The molecule has 13 heteroatoms. The number of nitrogens with zero attached hydrogens (tertiary/aromatic N) is 4. The average Bonchev–Trinajstić information content (AvgIpc) is 3.19. The van der Waals surface area contributed by atoms with Crippen molar-refractivity contribution in [3.63, 3.8) is 0 Å². The molecule has 0 spiro atoms. The van der Waals surface area contributed by atoms with Crippen LogP contribution in [0.1, 0.15) is 47.0 Å². The number of hydrazine groups is 1. The molecule has 0 unspecified atom stereocenters. The molecule has 2 amide bonds. The van der Waals surface area contributed by atoms with Crippen LogP contribution in [-0.2, 0) is 17.4 Å². The molecule has 0 aliphatic carbocycles. The van der Waals surface area contributed by atoms with Crippen LogP contribution in [0.5, 0.6) is 11.5 Å². The summed E-state index contributed by atoms with van der Waals surface area (Å²) >= 11 is 0. The van der Waals surface area contributed by atoms with E-state index < -0.39 is 23.8 Å². The molecule has 10 nitrogen and oxygen atoms in total. The maximum atomic E-state index is 12.9. The standard InChI is InChI=1S/C21H23F3N6O4/c1-10(2)34-15-7-6-13(8-16(15)33-5)18(32)28-27-17(31)9-14-11(3)25-20-26-19(21(22,23)24)29-30(20)12(14)4/h6-8,10H,9H2,1-5H3,(H,27,31)(H,28,32). The molecule has 3 rings (SSSR count). The highest BCUT2D eigenvalue weighted by atomic mass is 19.4. The Morgan fingerprint density at radius 1 is 1.12 bits per heavy atom. The van der Waals surface area contributed by atoms with E-state index in [-0.39, 0.29) is 29.6 Å². The number of hydrogen-bond donors (Lipinski definition) is 2. The van der Waals surface area contributed by atoms with Gasteiger partial charge >= 0.3 is 6.18 Å². The van der Waals surface area contributed by atoms with Crippen LogP contribution in [0, 0.1) is 13.8 Å². The van der Waals surface area contributed by atoms with Gasteiger partial charge in [0.1, 0.15) is 0 Å². The first kappa shape index (κ1) is 24.7. The van der Waals surface area contributed by atoms with Crippen molar-refractivity contribution < 1.29 is 32.2 Å². The molecule has 0 aliphatic rings. The summed E-state index contributed by atoms with van der Waals surface area (Å²) < 4.78 is 50.6. The molecule has 0 aliphatic heterocycles. The lowest BCUT2D eigenvalue weighted by Gasteiger charge is -2.15. The van der Waals surface area contributed by atoms with Crippen molar-refractivity contribution in [1.29, 1.82) is 0 Å². The second kappa shape index (κ2) is 9.53. The summed E-state index contributed by atoms with van der Waals surface area (Å²) in [6.07, 6.45) is -5.07. The highest BCUT2D eigenvalue weighted by Crippen LogP contribution is 2.29. The van der Waals surface area contributed by atoms with Crippen LogP contribution in [0.2, 0.25) is 0 Å². The lowest BCUT2D eigenvalue weighted by atomic mass is 10.1. The first-order valence-corrected chi connectivity index (χ1v) is 10.1. The minimum atomic E-state index is -4.72. The fourth-order valence-electron chi connectivity index (χ4n) is 3.15. The SMILES string of the molecule is COc1cc(C(=O)NNC(=O)Cc2c(C)nc3nc(C(F)(F)F)nn3c2C)ccc1OC(C)C. The van der Waals surface area contributed by atoms with Gasteiger partial charge in [-0.15, -0.1) is 5.10 Å². The average molecular weight is 480 g/mol. The van der Waals surface area contributed by atoms with Gasteiger partial charge in [-0.25, -0.2) is 9.50 Å². The number of ether oxygens (including phenoxy) is 2.